The van der Waals surface area contributed by atoms with E-state index in [-0.39, 0.29) is 0 Å². The summed E-state index contributed by atoms with van der Waals surface area (Å²) >= 11 is 11.6. The first kappa shape index (κ1) is 13.2. The molecule has 2 rings (SSSR count). The van der Waals surface area contributed by atoms with Crippen molar-refractivity contribution in [1.82, 2.24) is 5.48 Å². The fourth-order valence-corrected chi connectivity index (χ4v) is 1.85. The van der Waals surface area contributed by atoms with Crippen LogP contribution in [0.3, 0.4) is 0 Å². The van der Waals surface area contributed by atoms with E-state index in [0.717, 1.165) is 16.9 Å². The Labute approximate surface area is 116 Å². The summed E-state index contributed by atoms with van der Waals surface area (Å²) in [5.74, 6) is 1.23. The maximum atomic E-state index is 6.03. The van der Waals surface area contributed by atoms with Crippen molar-refractivity contribution in [3.05, 3.63) is 53.6 Å². The number of hydrogen-bond acceptors (Lipinski definition) is 2. The van der Waals surface area contributed by atoms with Crippen molar-refractivity contribution >= 4 is 23.2 Å². The van der Waals surface area contributed by atoms with E-state index in [1.54, 1.807) is 6.07 Å². The van der Waals surface area contributed by atoms with Gasteiger partial charge in [-0.1, -0.05) is 41.9 Å². The van der Waals surface area contributed by atoms with E-state index in [1.165, 1.54) is 0 Å². The van der Waals surface area contributed by atoms with Crippen LogP contribution in [0, 0.1) is 0 Å². The van der Waals surface area contributed by atoms with Gasteiger partial charge in [-0.25, -0.2) is 0 Å². The zero-order valence-corrected chi connectivity index (χ0v) is 11.2. The summed E-state index contributed by atoms with van der Waals surface area (Å²) in [6, 6.07) is 15.5. The van der Waals surface area contributed by atoms with Crippen LogP contribution in [0.2, 0.25) is 5.02 Å². The van der Waals surface area contributed by atoms with Gasteiger partial charge in [0.15, 0.2) is 5.75 Å². The van der Waals surface area contributed by atoms with Crippen LogP contribution in [-0.4, -0.2) is 12.4 Å². The predicted octanol–water partition coefficient (Wildman–Crippen LogP) is 4.13. The van der Waals surface area contributed by atoms with Crippen molar-refractivity contribution in [3.8, 4) is 16.9 Å². The Balaban J connectivity index is 2.29. The fourth-order valence-electron chi connectivity index (χ4n) is 1.60. The standard InChI is InChI=1S/C14H13Cl2NO/c15-8-9-17-18-14-7-6-12(16)10-13(14)11-4-2-1-3-5-11/h1-7,10,17H,8-9H2. The van der Waals surface area contributed by atoms with Crippen LogP contribution in [0.15, 0.2) is 48.5 Å². The third-order valence-corrected chi connectivity index (χ3v) is 2.83. The van der Waals surface area contributed by atoms with E-state index in [1.807, 2.05) is 42.5 Å². The predicted molar refractivity (Wildman–Crippen MR) is 76.2 cm³/mol. The van der Waals surface area contributed by atoms with Crippen LogP contribution < -0.4 is 10.3 Å². The number of hydrogen-bond donors (Lipinski definition) is 1. The summed E-state index contributed by atoms with van der Waals surface area (Å²) in [5, 5.41) is 0.679. The van der Waals surface area contributed by atoms with Gasteiger partial charge in [-0.2, -0.15) is 5.48 Å². The van der Waals surface area contributed by atoms with Crippen LogP contribution in [0.5, 0.6) is 5.75 Å². The molecule has 0 aliphatic rings. The number of nitrogens with one attached hydrogen (secondary N) is 1. The second-order valence-corrected chi connectivity index (χ2v) is 4.51. The van der Waals surface area contributed by atoms with Crippen molar-refractivity contribution in [2.24, 2.45) is 0 Å². The van der Waals surface area contributed by atoms with Crippen LogP contribution in [0.25, 0.3) is 11.1 Å². The molecule has 0 amide bonds. The molecule has 0 fully saturated rings. The summed E-state index contributed by atoms with van der Waals surface area (Å²) in [7, 11) is 0. The first-order valence-corrected chi connectivity index (χ1v) is 6.53. The summed E-state index contributed by atoms with van der Waals surface area (Å²) in [6.45, 7) is 0.582. The third-order valence-electron chi connectivity index (χ3n) is 2.41. The summed E-state index contributed by atoms with van der Waals surface area (Å²) in [6.07, 6.45) is 0. The molecule has 0 saturated carbocycles. The molecule has 94 valence electrons. The van der Waals surface area contributed by atoms with Gasteiger partial charge in [-0.05, 0) is 23.8 Å². The average Bonchev–Trinajstić information content (AvgIpc) is 2.41. The highest BCUT2D eigenvalue weighted by Crippen LogP contribution is 2.32. The molecule has 1 N–H and O–H groups in total. The quantitative estimate of drug-likeness (QED) is 0.506. The number of hydroxylamine groups is 1. The Morgan fingerprint density at radius 2 is 1.83 bits per heavy atom. The minimum Gasteiger partial charge on any atom is -0.408 e. The molecule has 0 unspecified atom stereocenters. The van der Waals surface area contributed by atoms with Crippen LogP contribution >= 0.6 is 23.2 Å². The van der Waals surface area contributed by atoms with Gasteiger partial charge < -0.3 is 4.84 Å². The van der Waals surface area contributed by atoms with E-state index in [0.29, 0.717) is 17.4 Å². The molecule has 0 aliphatic carbocycles. The maximum Gasteiger partial charge on any atom is 0.155 e. The highest BCUT2D eigenvalue weighted by molar-refractivity contribution is 6.31. The molecular weight excluding hydrogens is 269 g/mol. The molecule has 0 radical (unpaired) electrons. The second kappa shape index (κ2) is 6.64. The molecule has 4 heteroatoms. The van der Waals surface area contributed by atoms with Gasteiger partial charge in [0.1, 0.15) is 0 Å². The molecule has 18 heavy (non-hydrogen) atoms. The van der Waals surface area contributed by atoms with E-state index in [4.69, 9.17) is 28.0 Å². The Morgan fingerprint density at radius 3 is 2.56 bits per heavy atom. The van der Waals surface area contributed by atoms with Gasteiger partial charge >= 0.3 is 0 Å². The Kier molecular flexibility index (Phi) is 4.88. The lowest BCUT2D eigenvalue weighted by atomic mass is 10.1. The van der Waals surface area contributed by atoms with Crippen molar-refractivity contribution in [2.75, 3.05) is 12.4 Å². The minimum atomic E-state index is 0.494. The molecule has 0 aromatic heterocycles. The molecule has 0 heterocycles. The van der Waals surface area contributed by atoms with Crippen molar-refractivity contribution in [2.45, 2.75) is 0 Å². The number of alkyl halides is 1. The monoisotopic (exact) mass is 281 g/mol. The van der Waals surface area contributed by atoms with Gasteiger partial charge in [0.2, 0.25) is 0 Å². The van der Waals surface area contributed by atoms with E-state index < -0.39 is 0 Å². The molecule has 2 nitrogen and oxygen atoms in total. The van der Waals surface area contributed by atoms with Gasteiger partial charge in [-0.15, -0.1) is 11.6 Å². The number of rotatable bonds is 5. The van der Waals surface area contributed by atoms with Gasteiger partial charge in [-0.3, -0.25) is 0 Å². The molecule has 2 aromatic rings. The zero-order valence-electron chi connectivity index (χ0n) is 9.70. The maximum absolute atomic E-state index is 6.03. The first-order valence-electron chi connectivity index (χ1n) is 5.62. The Morgan fingerprint density at radius 1 is 1.06 bits per heavy atom. The van der Waals surface area contributed by atoms with Crippen molar-refractivity contribution in [3.63, 3.8) is 0 Å². The Hall–Kier alpha value is -1.22. The third kappa shape index (κ3) is 3.39. The van der Waals surface area contributed by atoms with Gasteiger partial charge in [0.05, 0.1) is 0 Å². The number of benzene rings is 2. The van der Waals surface area contributed by atoms with Gasteiger partial charge in [0, 0.05) is 23.0 Å². The smallest absolute Gasteiger partial charge is 0.155 e. The lowest BCUT2D eigenvalue weighted by molar-refractivity contribution is 0.204. The van der Waals surface area contributed by atoms with E-state index >= 15 is 0 Å². The minimum absolute atomic E-state index is 0.494. The van der Waals surface area contributed by atoms with E-state index in [9.17, 15) is 0 Å². The molecule has 0 saturated heterocycles. The molecule has 2 aromatic carbocycles. The summed E-state index contributed by atoms with van der Waals surface area (Å²) in [5.41, 5.74) is 4.81. The summed E-state index contributed by atoms with van der Waals surface area (Å²) < 4.78 is 0. The van der Waals surface area contributed by atoms with Gasteiger partial charge in [0.25, 0.3) is 0 Å². The molecule has 0 spiro atoms. The van der Waals surface area contributed by atoms with Crippen molar-refractivity contribution < 1.29 is 4.84 Å². The van der Waals surface area contributed by atoms with Crippen LogP contribution in [0.1, 0.15) is 0 Å². The Bertz CT molecular complexity index is 502. The molecule has 0 aliphatic heterocycles. The lowest BCUT2D eigenvalue weighted by Crippen LogP contribution is -2.20. The first-order chi connectivity index (χ1) is 8.81. The molecular formula is C14H13Cl2NO. The van der Waals surface area contributed by atoms with Crippen molar-refractivity contribution in [1.29, 1.82) is 0 Å². The van der Waals surface area contributed by atoms with Crippen LogP contribution in [0.4, 0.5) is 0 Å². The second-order valence-electron chi connectivity index (χ2n) is 3.69. The SMILES string of the molecule is ClCCNOc1ccc(Cl)cc1-c1ccccc1. The zero-order chi connectivity index (χ0) is 12.8. The average molecular weight is 282 g/mol. The van der Waals surface area contributed by atoms with E-state index in [2.05, 4.69) is 5.48 Å². The van der Waals surface area contributed by atoms with Crippen LogP contribution in [-0.2, 0) is 0 Å². The fraction of sp³-hybridized carbons (Fsp3) is 0.143. The molecule has 0 atom stereocenters. The highest BCUT2D eigenvalue weighted by Gasteiger charge is 2.07. The summed E-state index contributed by atoms with van der Waals surface area (Å²) in [4.78, 5) is 5.49. The molecule has 0 bridgehead atoms. The lowest BCUT2D eigenvalue weighted by Gasteiger charge is -2.11. The number of halogens is 2. The highest BCUT2D eigenvalue weighted by atomic mass is 35.5. The largest absolute Gasteiger partial charge is 0.408 e. The normalized spacial score (nSPS) is 10.3. The topological polar surface area (TPSA) is 21.3 Å².